The lowest BCUT2D eigenvalue weighted by atomic mass is 9.96. The highest BCUT2D eigenvalue weighted by molar-refractivity contribution is 7.88. The third-order valence-corrected chi connectivity index (χ3v) is 5.42. The Hall–Kier alpha value is -1.91. The number of aryl methyl sites for hydroxylation is 1. The van der Waals surface area contributed by atoms with E-state index < -0.39 is 16.1 Å². The van der Waals surface area contributed by atoms with Gasteiger partial charge >= 0.3 is 0 Å². The van der Waals surface area contributed by atoms with Crippen LogP contribution >= 0.6 is 0 Å². The van der Waals surface area contributed by atoms with Crippen molar-refractivity contribution in [3.05, 3.63) is 35.4 Å². The van der Waals surface area contributed by atoms with E-state index in [-0.39, 0.29) is 11.8 Å². The minimum Gasteiger partial charge on any atom is -0.336 e. The first-order valence-electron chi connectivity index (χ1n) is 7.53. The fraction of sp³-hybridized carbons (Fsp3) is 0.500. The highest BCUT2D eigenvalue weighted by Gasteiger charge is 2.30. The molecular formula is C16H21N3O3S. The van der Waals surface area contributed by atoms with Gasteiger partial charge in [-0.05, 0) is 25.3 Å². The van der Waals surface area contributed by atoms with Crippen LogP contribution in [0.25, 0.3) is 0 Å². The van der Waals surface area contributed by atoms with Crippen molar-refractivity contribution >= 4 is 15.9 Å². The summed E-state index contributed by atoms with van der Waals surface area (Å²) < 4.78 is 24.4. The van der Waals surface area contributed by atoms with E-state index in [4.69, 9.17) is 0 Å². The molecule has 1 aliphatic rings. The van der Waals surface area contributed by atoms with Gasteiger partial charge in [0.1, 0.15) is 6.04 Å². The number of rotatable bonds is 4. The third kappa shape index (κ3) is 4.53. The van der Waals surface area contributed by atoms with E-state index in [9.17, 15) is 18.5 Å². The molecule has 0 spiro atoms. The van der Waals surface area contributed by atoms with E-state index in [1.165, 1.54) is 10.6 Å². The highest BCUT2D eigenvalue weighted by atomic mass is 32.2. The molecule has 0 aliphatic carbocycles. The maximum Gasteiger partial charge on any atom is 0.224 e. The van der Waals surface area contributed by atoms with Gasteiger partial charge in [0.05, 0.1) is 12.3 Å². The van der Waals surface area contributed by atoms with Crippen molar-refractivity contribution in [1.29, 1.82) is 5.26 Å². The van der Waals surface area contributed by atoms with Gasteiger partial charge in [0, 0.05) is 19.0 Å². The molecule has 1 N–H and O–H groups in total. The Bertz CT molecular complexity index is 699. The summed E-state index contributed by atoms with van der Waals surface area (Å²) in [7, 11) is -3.20. The van der Waals surface area contributed by atoms with Crippen LogP contribution in [0.1, 0.15) is 30.0 Å². The van der Waals surface area contributed by atoms with Crippen molar-refractivity contribution in [2.24, 2.45) is 5.92 Å². The molecule has 1 aromatic carbocycles. The van der Waals surface area contributed by atoms with E-state index in [0.717, 1.165) is 11.1 Å². The van der Waals surface area contributed by atoms with Gasteiger partial charge in [-0.15, -0.1) is 0 Å². The predicted molar refractivity (Wildman–Crippen MR) is 86.8 cm³/mol. The van der Waals surface area contributed by atoms with Crippen LogP contribution in [0, 0.1) is 24.2 Å². The third-order valence-electron chi connectivity index (χ3n) is 4.12. The average Bonchev–Trinajstić information content (AvgIpc) is 2.52. The monoisotopic (exact) mass is 335 g/mol. The zero-order valence-corrected chi connectivity index (χ0v) is 14.1. The molecular weight excluding hydrogens is 314 g/mol. The van der Waals surface area contributed by atoms with Crippen LogP contribution in [0.15, 0.2) is 24.3 Å². The number of piperidine rings is 1. The summed E-state index contributed by atoms with van der Waals surface area (Å²) in [6.45, 7) is 2.65. The number of nitrogens with zero attached hydrogens (tertiary/aromatic N) is 2. The number of hydrogen-bond acceptors (Lipinski definition) is 4. The Morgan fingerprint density at radius 1 is 1.30 bits per heavy atom. The van der Waals surface area contributed by atoms with Gasteiger partial charge in [-0.2, -0.15) is 5.26 Å². The maximum atomic E-state index is 12.3. The van der Waals surface area contributed by atoms with E-state index in [1.807, 2.05) is 31.2 Å². The second kappa shape index (κ2) is 7.11. The summed E-state index contributed by atoms with van der Waals surface area (Å²) in [5.74, 6) is -0.445. The zero-order chi connectivity index (χ0) is 17.0. The molecule has 1 heterocycles. The molecule has 1 saturated heterocycles. The normalized spacial score (nSPS) is 18.1. The van der Waals surface area contributed by atoms with Gasteiger partial charge in [0.25, 0.3) is 0 Å². The standard InChI is InChI=1S/C16H21N3O3S/c1-12-3-5-13(6-4-12)15(11-17)18-16(20)14-7-9-19(10-8-14)23(2,21)22/h3-6,14-15H,7-10H2,1-2H3,(H,18,20). The van der Waals surface area contributed by atoms with Crippen molar-refractivity contribution in [3.8, 4) is 6.07 Å². The van der Waals surface area contributed by atoms with E-state index in [0.29, 0.717) is 25.9 Å². The molecule has 2 rings (SSSR count). The van der Waals surface area contributed by atoms with Gasteiger partial charge in [0.15, 0.2) is 0 Å². The van der Waals surface area contributed by atoms with Crippen LogP contribution < -0.4 is 5.32 Å². The number of hydrogen-bond donors (Lipinski definition) is 1. The van der Waals surface area contributed by atoms with Crippen LogP contribution in [0.3, 0.4) is 0 Å². The first kappa shape index (κ1) is 17.4. The highest BCUT2D eigenvalue weighted by Crippen LogP contribution is 2.21. The Balaban J connectivity index is 1.96. The van der Waals surface area contributed by atoms with Crippen LogP contribution in [0.4, 0.5) is 0 Å². The molecule has 1 fully saturated rings. The molecule has 0 saturated carbocycles. The number of amides is 1. The molecule has 1 aliphatic heterocycles. The molecule has 0 bridgehead atoms. The van der Waals surface area contributed by atoms with Crippen molar-refractivity contribution < 1.29 is 13.2 Å². The Labute approximate surface area is 137 Å². The largest absolute Gasteiger partial charge is 0.336 e. The molecule has 1 atom stereocenters. The molecule has 23 heavy (non-hydrogen) atoms. The zero-order valence-electron chi connectivity index (χ0n) is 13.3. The Kier molecular flexibility index (Phi) is 5.39. The summed E-state index contributed by atoms with van der Waals surface area (Å²) in [6.07, 6.45) is 2.13. The van der Waals surface area contributed by atoms with Crippen molar-refractivity contribution in [3.63, 3.8) is 0 Å². The SMILES string of the molecule is Cc1ccc(C(C#N)NC(=O)C2CCN(S(C)(=O)=O)CC2)cc1. The Morgan fingerprint density at radius 2 is 1.87 bits per heavy atom. The average molecular weight is 335 g/mol. The minimum atomic E-state index is -3.20. The molecule has 0 aromatic heterocycles. The van der Waals surface area contributed by atoms with Gasteiger partial charge in [-0.25, -0.2) is 12.7 Å². The summed E-state index contributed by atoms with van der Waals surface area (Å²) in [5.41, 5.74) is 1.84. The lowest BCUT2D eigenvalue weighted by molar-refractivity contribution is -0.126. The summed E-state index contributed by atoms with van der Waals surface area (Å²) in [5, 5.41) is 12.1. The molecule has 7 heteroatoms. The number of benzene rings is 1. The first-order valence-corrected chi connectivity index (χ1v) is 9.38. The van der Waals surface area contributed by atoms with Crippen LogP contribution in [-0.2, 0) is 14.8 Å². The van der Waals surface area contributed by atoms with Crippen LogP contribution in [0.2, 0.25) is 0 Å². The predicted octanol–water partition coefficient (Wildman–Crippen LogP) is 1.35. The summed E-state index contributed by atoms with van der Waals surface area (Å²) >= 11 is 0. The Morgan fingerprint density at radius 3 is 2.35 bits per heavy atom. The van der Waals surface area contributed by atoms with Crippen molar-refractivity contribution in [2.45, 2.75) is 25.8 Å². The molecule has 0 radical (unpaired) electrons. The topological polar surface area (TPSA) is 90.3 Å². The second-order valence-electron chi connectivity index (χ2n) is 5.92. The molecule has 1 amide bonds. The molecule has 1 unspecified atom stereocenters. The second-order valence-corrected chi connectivity index (χ2v) is 7.90. The number of nitriles is 1. The van der Waals surface area contributed by atoms with Gasteiger partial charge < -0.3 is 5.32 Å². The lowest BCUT2D eigenvalue weighted by Crippen LogP contribution is -2.43. The van der Waals surface area contributed by atoms with Gasteiger partial charge in [0.2, 0.25) is 15.9 Å². The van der Waals surface area contributed by atoms with Crippen LogP contribution in [-0.4, -0.2) is 38.0 Å². The summed E-state index contributed by atoms with van der Waals surface area (Å²) in [4.78, 5) is 12.3. The minimum absolute atomic E-state index is 0.190. The molecule has 1 aromatic rings. The first-order chi connectivity index (χ1) is 10.8. The quantitative estimate of drug-likeness (QED) is 0.899. The number of carbonyl (C=O) groups excluding carboxylic acids is 1. The fourth-order valence-corrected chi connectivity index (χ4v) is 3.53. The summed E-state index contributed by atoms with van der Waals surface area (Å²) in [6, 6.07) is 8.88. The lowest BCUT2D eigenvalue weighted by Gasteiger charge is -2.29. The van der Waals surface area contributed by atoms with E-state index in [1.54, 1.807) is 0 Å². The van der Waals surface area contributed by atoms with Gasteiger partial charge in [-0.1, -0.05) is 29.8 Å². The van der Waals surface area contributed by atoms with Gasteiger partial charge in [-0.3, -0.25) is 4.79 Å². The molecule has 124 valence electrons. The van der Waals surface area contributed by atoms with Crippen molar-refractivity contribution in [2.75, 3.05) is 19.3 Å². The van der Waals surface area contributed by atoms with Crippen LogP contribution in [0.5, 0.6) is 0 Å². The maximum absolute atomic E-state index is 12.3. The smallest absolute Gasteiger partial charge is 0.224 e. The fourth-order valence-electron chi connectivity index (χ4n) is 2.66. The molecule has 6 nitrogen and oxygen atoms in total. The number of nitrogens with one attached hydrogen (secondary N) is 1. The number of sulfonamides is 1. The van der Waals surface area contributed by atoms with E-state index >= 15 is 0 Å². The van der Waals surface area contributed by atoms with Crippen molar-refractivity contribution in [1.82, 2.24) is 9.62 Å². The van der Waals surface area contributed by atoms with E-state index in [2.05, 4.69) is 11.4 Å². The number of carbonyl (C=O) groups is 1.